The van der Waals surface area contributed by atoms with Crippen molar-refractivity contribution in [3.05, 3.63) is 85.5 Å². The van der Waals surface area contributed by atoms with Gasteiger partial charge in [0.1, 0.15) is 11.8 Å². The molecule has 3 aliphatic rings. The van der Waals surface area contributed by atoms with Crippen molar-refractivity contribution in [1.29, 1.82) is 0 Å². The Hall–Kier alpha value is -3.08. The van der Waals surface area contributed by atoms with Crippen LogP contribution in [0.4, 0.5) is 5.69 Å². The topological polar surface area (TPSA) is 90.4 Å². The zero-order valence-corrected chi connectivity index (χ0v) is 29.9. The van der Waals surface area contributed by atoms with Gasteiger partial charge in [-0.1, -0.05) is 78.7 Å². The predicted octanol–water partition coefficient (Wildman–Crippen LogP) is 5.69. The molecule has 2 aromatic carbocycles. The van der Waals surface area contributed by atoms with Crippen molar-refractivity contribution in [2.75, 3.05) is 31.2 Å². The van der Waals surface area contributed by atoms with Gasteiger partial charge in [-0.3, -0.25) is 14.4 Å². The molecule has 1 spiro atoms. The molecule has 8 nitrogen and oxygen atoms in total. The van der Waals surface area contributed by atoms with Crippen LogP contribution in [0.5, 0.6) is 5.75 Å². The fourth-order valence-electron chi connectivity index (χ4n) is 7.69. The highest BCUT2D eigenvalue weighted by Gasteiger charge is 2.76. The second-order valence-corrected chi connectivity index (χ2v) is 15.4. The average molecular weight is 725 g/mol. The zero-order valence-electron chi connectivity index (χ0n) is 27.5. The third-order valence-corrected chi connectivity index (χ3v) is 13.2. The first-order valence-electron chi connectivity index (χ1n) is 16.5. The number of aliphatic hydroxyl groups excluding tert-OH is 1. The molecule has 0 aromatic heterocycles. The number of carbonyl (C=O) groups excluding carboxylic acids is 3. The minimum atomic E-state index is -0.846. The number of fused-ring (bicyclic) bond motifs is 1. The minimum absolute atomic E-state index is 0.0614. The van der Waals surface area contributed by atoms with E-state index >= 15 is 0 Å². The number of ether oxygens (including phenoxy) is 1. The highest BCUT2D eigenvalue weighted by molar-refractivity contribution is 9.09. The van der Waals surface area contributed by atoms with Gasteiger partial charge in [-0.2, -0.15) is 0 Å². The van der Waals surface area contributed by atoms with Gasteiger partial charge in [-0.25, -0.2) is 0 Å². The lowest BCUT2D eigenvalue weighted by Gasteiger charge is -2.41. The van der Waals surface area contributed by atoms with E-state index in [-0.39, 0.29) is 46.9 Å². The van der Waals surface area contributed by atoms with Crippen molar-refractivity contribution in [2.24, 2.45) is 17.8 Å². The van der Waals surface area contributed by atoms with Crippen LogP contribution < -0.4 is 9.64 Å². The average Bonchev–Trinajstić information content (AvgIpc) is 3.67. The van der Waals surface area contributed by atoms with Gasteiger partial charge in [0.05, 0.1) is 35.8 Å². The van der Waals surface area contributed by atoms with E-state index < -0.39 is 28.7 Å². The Morgan fingerprint density at radius 3 is 2.38 bits per heavy atom. The molecule has 3 aliphatic heterocycles. The SMILES string of the molecule is C=CCN(Cc1ccccc1)C(=O)C1N([C@@H](CO)[C@@H](C)CC)C(=O)[C@@H]2[C@H](C(=O)N(CC=C)c3ccc(OCC)cc3)[C@H]3SC12CC3Br. The number of hydrogen-bond acceptors (Lipinski definition) is 6. The zero-order chi connectivity index (χ0) is 33.9. The molecule has 3 saturated heterocycles. The van der Waals surface area contributed by atoms with Crippen molar-refractivity contribution in [1.82, 2.24) is 9.80 Å². The summed E-state index contributed by atoms with van der Waals surface area (Å²) >= 11 is 5.50. The molecule has 10 heteroatoms. The summed E-state index contributed by atoms with van der Waals surface area (Å²) in [5, 5.41) is 10.6. The Morgan fingerprint density at radius 2 is 1.79 bits per heavy atom. The van der Waals surface area contributed by atoms with E-state index in [2.05, 4.69) is 29.1 Å². The molecule has 0 saturated carbocycles. The minimum Gasteiger partial charge on any atom is -0.494 e. The van der Waals surface area contributed by atoms with Crippen LogP contribution in [0.15, 0.2) is 79.9 Å². The quantitative estimate of drug-likeness (QED) is 0.188. The lowest BCUT2D eigenvalue weighted by molar-refractivity contribution is -0.147. The Bertz CT molecular complexity index is 1460. The molecule has 0 radical (unpaired) electrons. The van der Waals surface area contributed by atoms with Crippen LogP contribution >= 0.6 is 27.7 Å². The third kappa shape index (κ3) is 6.41. The summed E-state index contributed by atoms with van der Waals surface area (Å²) in [6, 6.07) is 15.7. The standard InChI is InChI=1S/C37H46BrN3O5S/c1-6-19-39(22-25-13-11-10-12-14-25)36(45)33-37-21-28(38)32(47-37)30(31(37)35(44)41(33)29(23-42)24(5)8-3)34(43)40(20-7-2)26-15-17-27(18-16-26)46-9-4/h6-7,10-18,24,28-33,42H,1-2,8-9,19-23H2,3-5H3/t24-,28?,29-,30-,31-,32-,33?,37?/m0/s1. The second-order valence-electron chi connectivity index (χ2n) is 12.7. The van der Waals surface area contributed by atoms with Crippen molar-refractivity contribution < 1.29 is 24.2 Å². The van der Waals surface area contributed by atoms with E-state index in [1.54, 1.807) is 38.6 Å². The molecule has 47 heavy (non-hydrogen) atoms. The second kappa shape index (κ2) is 15.0. The number of amides is 3. The number of hydrogen-bond donors (Lipinski definition) is 1. The van der Waals surface area contributed by atoms with Crippen LogP contribution in [0.1, 0.15) is 39.2 Å². The predicted molar refractivity (Wildman–Crippen MR) is 192 cm³/mol. The molecule has 3 fully saturated rings. The summed E-state index contributed by atoms with van der Waals surface area (Å²) in [6.07, 6.45) is 4.68. The summed E-state index contributed by atoms with van der Waals surface area (Å²) in [5.41, 5.74) is 1.66. The van der Waals surface area contributed by atoms with Gasteiger partial charge in [0.25, 0.3) is 0 Å². The van der Waals surface area contributed by atoms with Gasteiger partial charge in [-0.15, -0.1) is 24.9 Å². The normalized spacial score (nSPS) is 27.2. The van der Waals surface area contributed by atoms with Crippen LogP contribution in [-0.2, 0) is 20.9 Å². The number of nitrogens with zero attached hydrogens (tertiary/aromatic N) is 3. The molecule has 0 aliphatic carbocycles. The van der Waals surface area contributed by atoms with Crippen LogP contribution in [-0.4, -0.2) is 85.8 Å². The molecule has 2 bridgehead atoms. The summed E-state index contributed by atoms with van der Waals surface area (Å²) in [6.45, 7) is 15.0. The number of carbonyl (C=O) groups is 3. The van der Waals surface area contributed by atoms with Crippen molar-refractivity contribution in [3.63, 3.8) is 0 Å². The number of alkyl halides is 1. The van der Waals surface area contributed by atoms with Crippen molar-refractivity contribution >= 4 is 51.1 Å². The summed E-state index contributed by atoms with van der Waals surface area (Å²) in [7, 11) is 0. The maximum Gasteiger partial charge on any atom is 0.247 e. The lowest BCUT2D eigenvalue weighted by atomic mass is 9.70. The number of benzene rings is 2. The van der Waals surface area contributed by atoms with Crippen LogP contribution in [0.2, 0.25) is 0 Å². The van der Waals surface area contributed by atoms with Gasteiger partial charge < -0.3 is 24.5 Å². The number of thioether (sulfide) groups is 1. The molecular weight excluding hydrogens is 678 g/mol. The monoisotopic (exact) mass is 723 g/mol. The number of likely N-dealkylation sites (tertiary alicyclic amines) is 1. The Kier molecular flexibility index (Phi) is 11.2. The molecule has 3 unspecified atom stereocenters. The van der Waals surface area contributed by atoms with Crippen molar-refractivity contribution in [3.8, 4) is 5.75 Å². The highest BCUT2D eigenvalue weighted by Crippen LogP contribution is 2.68. The summed E-state index contributed by atoms with van der Waals surface area (Å²) in [4.78, 5) is 49.6. The maximum atomic E-state index is 14.9. The summed E-state index contributed by atoms with van der Waals surface area (Å²) < 4.78 is 4.78. The van der Waals surface area contributed by atoms with E-state index in [9.17, 15) is 19.5 Å². The summed E-state index contributed by atoms with van der Waals surface area (Å²) in [5.74, 6) is -1.31. The van der Waals surface area contributed by atoms with E-state index in [1.807, 2.05) is 75.4 Å². The number of aliphatic hydroxyl groups is 1. The van der Waals surface area contributed by atoms with Crippen LogP contribution in [0.3, 0.4) is 0 Å². The van der Waals surface area contributed by atoms with E-state index in [0.29, 0.717) is 37.6 Å². The first-order chi connectivity index (χ1) is 22.7. The smallest absolute Gasteiger partial charge is 0.247 e. The van der Waals surface area contributed by atoms with E-state index in [4.69, 9.17) is 4.74 Å². The molecule has 2 aromatic rings. The maximum absolute atomic E-state index is 14.9. The van der Waals surface area contributed by atoms with Gasteiger partial charge >= 0.3 is 0 Å². The fraction of sp³-hybridized carbons (Fsp3) is 0.486. The Balaban J connectivity index is 1.59. The van der Waals surface area contributed by atoms with E-state index in [0.717, 1.165) is 12.0 Å². The van der Waals surface area contributed by atoms with Gasteiger partial charge in [0, 0.05) is 35.4 Å². The highest BCUT2D eigenvalue weighted by atomic mass is 79.9. The van der Waals surface area contributed by atoms with Crippen molar-refractivity contribution in [2.45, 2.75) is 67.1 Å². The van der Waals surface area contributed by atoms with Gasteiger partial charge in [0.15, 0.2) is 0 Å². The van der Waals surface area contributed by atoms with Gasteiger partial charge in [0.2, 0.25) is 17.7 Å². The molecule has 3 heterocycles. The molecular formula is C37H46BrN3O5S. The van der Waals surface area contributed by atoms with Crippen LogP contribution in [0, 0.1) is 17.8 Å². The molecule has 8 atom stereocenters. The lowest BCUT2D eigenvalue weighted by Crippen LogP contribution is -2.58. The number of rotatable bonds is 15. The van der Waals surface area contributed by atoms with Gasteiger partial charge in [-0.05, 0) is 49.1 Å². The number of anilines is 1. The third-order valence-electron chi connectivity index (χ3n) is 10.0. The fourth-order valence-corrected chi connectivity index (χ4v) is 11.3. The Labute approximate surface area is 291 Å². The Morgan fingerprint density at radius 1 is 1.11 bits per heavy atom. The van der Waals surface area contributed by atoms with Crippen LogP contribution in [0.25, 0.3) is 0 Å². The first-order valence-corrected chi connectivity index (χ1v) is 18.3. The van der Waals surface area contributed by atoms with E-state index in [1.165, 1.54) is 0 Å². The molecule has 5 rings (SSSR count). The first kappa shape index (κ1) is 35.2. The molecule has 1 N–H and O–H groups in total. The molecule has 252 valence electrons. The largest absolute Gasteiger partial charge is 0.494 e. The molecule has 3 amide bonds. The number of halogens is 1.